The Balaban J connectivity index is 2.45. The molecule has 0 aromatic carbocycles. The number of likely N-dealkylation sites (tertiary alicyclic amines) is 1. The molecule has 1 fully saturated rings. The summed E-state index contributed by atoms with van der Waals surface area (Å²) in [6.45, 7) is 8.19. The van der Waals surface area contributed by atoms with Gasteiger partial charge in [-0.05, 0) is 34.1 Å². The summed E-state index contributed by atoms with van der Waals surface area (Å²) in [6, 6.07) is 0. The van der Waals surface area contributed by atoms with E-state index >= 15 is 0 Å². The molecule has 0 aromatic heterocycles. The lowest BCUT2D eigenvalue weighted by Crippen LogP contribution is -2.40. The molecule has 6 heteroatoms. The van der Waals surface area contributed by atoms with Crippen molar-refractivity contribution >= 4 is 17.8 Å². The molecule has 1 aliphatic rings. The molecule has 0 saturated carbocycles. The summed E-state index contributed by atoms with van der Waals surface area (Å²) in [5, 5.41) is 2.63. The van der Waals surface area contributed by atoms with Gasteiger partial charge in [-0.1, -0.05) is 0 Å². The average molecular weight is 298 g/mol. The predicted molar refractivity (Wildman–Crippen MR) is 78.4 cm³/mol. The minimum Gasteiger partial charge on any atom is -0.460 e. The molecular formula is C15H26N2O4. The molecule has 1 rings (SSSR count). The van der Waals surface area contributed by atoms with Gasteiger partial charge in [0.25, 0.3) is 0 Å². The molecule has 1 heterocycles. The van der Waals surface area contributed by atoms with Crippen molar-refractivity contribution in [2.24, 2.45) is 5.41 Å². The van der Waals surface area contributed by atoms with Gasteiger partial charge in [0, 0.05) is 26.6 Å². The second-order valence-corrected chi connectivity index (χ2v) is 6.79. The van der Waals surface area contributed by atoms with E-state index in [2.05, 4.69) is 5.32 Å². The summed E-state index contributed by atoms with van der Waals surface area (Å²) in [5.74, 6) is -0.525. The van der Waals surface area contributed by atoms with Gasteiger partial charge in [0.1, 0.15) is 5.60 Å². The molecule has 1 saturated heterocycles. The molecular weight excluding hydrogens is 272 g/mol. The molecule has 21 heavy (non-hydrogen) atoms. The summed E-state index contributed by atoms with van der Waals surface area (Å²) in [4.78, 5) is 37.2. The molecule has 1 N–H and O–H groups in total. The van der Waals surface area contributed by atoms with Gasteiger partial charge >= 0.3 is 5.97 Å². The first-order chi connectivity index (χ1) is 9.57. The Hall–Kier alpha value is -1.59. The van der Waals surface area contributed by atoms with Crippen LogP contribution >= 0.6 is 0 Å². The molecule has 6 nitrogen and oxygen atoms in total. The van der Waals surface area contributed by atoms with Crippen molar-refractivity contribution in [1.82, 2.24) is 10.2 Å². The minimum atomic E-state index is -0.536. The van der Waals surface area contributed by atoms with Crippen LogP contribution in [-0.4, -0.2) is 48.4 Å². The number of esters is 1. The van der Waals surface area contributed by atoms with Crippen molar-refractivity contribution < 1.29 is 19.1 Å². The summed E-state index contributed by atoms with van der Waals surface area (Å²) >= 11 is 0. The van der Waals surface area contributed by atoms with Crippen molar-refractivity contribution in [3.63, 3.8) is 0 Å². The maximum atomic E-state index is 12.1. The van der Waals surface area contributed by atoms with Gasteiger partial charge in [0.05, 0.1) is 11.8 Å². The Morgan fingerprint density at radius 1 is 1.24 bits per heavy atom. The van der Waals surface area contributed by atoms with E-state index in [1.165, 1.54) is 0 Å². The molecule has 1 unspecified atom stereocenters. The van der Waals surface area contributed by atoms with Crippen LogP contribution in [0.3, 0.4) is 0 Å². The number of nitrogens with one attached hydrogen (secondary N) is 1. The van der Waals surface area contributed by atoms with Crippen LogP contribution < -0.4 is 5.32 Å². The normalized spacial score (nSPS) is 22.0. The van der Waals surface area contributed by atoms with Crippen LogP contribution in [-0.2, 0) is 19.1 Å². The third kappa shape index (κ3) is 5.02. The number of carbonyl (C=O) groups excluding carboxylic acids is 3. The standard InChI is InChI=1S/C15H26N2O4/c1-14(2,3)21-12(19)7-6-11(18)17-9-8-15(4,10-17)13(20)16-5/h6-10H2,1-5H3,(H,16,20). The second kappa shape index (κ2) is 6.45. The van der Waals surface area contributed by atoms with Crippen LogP contribution in [0.15, 0.2) is 0 Å². The van der Waals surface area contributed by atoms with Gasteiger partial charge in [-0.25, -0.2) is 0 Å². The lowest BCUT2D eigenvalue weighted by Gasteiger charge is -2.23. The van der Waals surface area contributed by atoms with Crippen LogP contribution in [0, 0.1) is 5.41 Å². The smallest absolute Gasteiger partial charge is 0.306 e. The molecule has 1 aliphatic heterocycles. The maximum Gasteiger partial charge on any atom is 0.306 e. The Kier molecular flexibility index (Phi) is 5.36. The monoisotopic (exact) mass is 298 g/mol. The van der Waals surface area contributed by atoms with Crippen LogP contribution in [0.4, 0.5) is 0 Å². The Morgan fingerprint density at radius 2 is 1.86 bits per heavy atom. The summed E-state index contributed by atoms with van der Waals surface area (Å²) < 4.78 is 5.17. The zero-order valence-electron chi connectivity index (χ0n) is 13.6. The molecule has 0 aromatic rings. The zero-order valence-corrected chi connectivity index (χ0v) is 13.6. The van der Waals surface area contributed by atoms with Crippen LogP contribution in [0.1, 0.15) is 47.0 Å². The van der Waals surface area contributed by atoms with Crippen molar-refractivity contribution in [3.8, 4) is 0 Å². The molecule has 120 valence electrons. The Bertz CT molecular complexity index is 428. The largest absolute Gasteiger partial charge is 0.460 e. The van der Waals surface area contributed by atoms with E-state index < -0.39 is 11.0 Å². The van der Waals surface area contributed by atoms with E-state index in [4.69, 9.17) is 4.74 Å². The molecule has 0 spiro atoms. The first-order valence-electron chi connectivity index (χ1n) is 7.29. The van der Waals surface area contributed by atoms with E-state index in [-0.39, 0.29) is 30.6 Å². The first kappa shape index (κ1) is 17.5. The molecule has 0 bridgehead atoms. The number of nitrogens with zero attached hydrogens (tertiary/aromatic N) is 1. The maximum absolute atomic E-state index is 12.1. The van der Waals surface area contributed by atoms with Gasteiger partial charge in [0.15, 0.2) is 0 Å². The Morgan fingerprint density at radius 3 is 2.38 bits per heavy atom. The van der Waals surface area contributed by atoms with Gasteiger partial charge in [-0.15, -0.1) is 0 Å². The van der Waals surface area contributed by atoms with Crippen molar-refractivity contribution in [1.29, 1.82) is 0 Å². The van der Waals surface area contributed by atoms with Crippen LogP contribution in [0.25, 0.3) is 0 Å². The van der Waals surface area contributed by atoms with Gasteiger partial charge in [-0.2, -0.15) is 0 Å². The highest BCUT2D eigenvalue weighted by atomic mass is 16.6. The molecule has 0 aliphatic carbocycles. The van der Waals surface area contributed by atoms with Gasteiger partial charge < -0.3 is 15.0 Å². The number of hydrogen-bond donors (Lipinski definition) is 1. The van der Waals surface area contributed by atoms with E-state index in [9.17, 15) is 14.4 Å². The number of carbonyl (C=O) groups is 3. The molecule has 1 atom stereocenters. The van der Waals surface area contributed by atoms with Gasteiger partial charge in [-0.3, -0.25) is 14.4 Å². The average Bonchev–Trinajstić information content (AvgIpc) is 2.77. The highest BCUT2D eigenvalue weighted by Gasteiger charge is 2.41. The fraction of sp³-hybridized carbons (Fsp3) is 0.800. The van der Waals surface area contributed by atoms with Crippen molar-refractivity contribution in [3.05, 3.63) is 0 Å². The highest BCUT2D eigenvalue weighted by molar-refractivity contribution is 5.86. The summed E-state index contributed by atoms with van der Waals surface area (Å²) in [5.41, 5.74) is -1.07. The Labute approximate surface area is 126 Å². The SMILES string of the molecule is CNC(=O)C1(C)CCN(C(=O)CCC(=O)OC(C)(C)C)C1. The number of rotatable bonds is 4. The number of ether oxygens (including phenoxy) is 1. The zero-order chi connectivity index (χ0) is 16.3. The summed E-state index contributed by atoms with van der Waals surface area (Å²) in [6.07, 6.45) is 0.840. The number of amides is 2. The second-order valence-electron chi connectivity index (χ2n) is 6.79. The molecule has 0 radical (unpaired) electrons. The highest BCUT2D eigenvalue weighted by Crippen LogP contribution is 2.30. The predicted octanol–water partition coefficient (Wildman–Crippen LogP) is 1.09. The van der Waals surface area contributed by atoms with Crippen LogP contribution in [0.5, 0.6) is 0 Å². The van der Waals surface area contributed by atoms with E-state index in [0.717, 1.165) is 0 Å². The fourth-order valence-corrected chi connectivity index (χ4v) is 2.42. The van der Waals surface area contributed by atoms with Gasteiger partial charge in [0.2, 0.25) is 11.8 Å². The quantitative estimate of drug-likeness (QED) is 0.788. The third-order valence-electron chi connectivity index (χ3n) is 3.56. The fourth-order valence-electron chi connectivity index (χ4n) is 2.42. The van der Waals surface area contributed by atoms with E-state index in [1.54, 1.807) is 32.7 Å². The third-order valence-corrected chi connectivity index (χ3v) is 3.56. The first-order valence-corrected chi connectivity index (χ1v) is 7.29. The van der Waals surface area contributed by atoms with Crippen LogP contribution in [0.2, 0.25) is 0 Å². The van der Waals surface area contributed by atoms with E-state index in [0.29, 0.717) is 19.5 Å². The van der Waals surface area contributed by atoms with E-state index in [1.807, 2.05) is 6.92 Å². The topological polar surface area (TPSA) is 75.7 Å². The molecule has 2 amide bonds. The lowest BCUT2D eigenvalue weighted by molar-refractivity contribution is -0.156. The van der Waals surface area contributed by atoms with Crippen molar-refractivity contribution in [2.45, 2.75) is 52.6 Å². The lowest BCUT2D eigenvalue weighted by atomic mass is 9.89. The minimum absolute atomic E-state index is 0.0510. The van der Waals surface area contributed by atoms with Crippen molar-refractivity contribution in [2.75, 3.05) is 20.1 Å². The summed E-state index contributed by atoms with van der Waals surface area (Å²) in [7, 11) is 1.60. The number of hydrogen-bond acceptors (Lipinski definition) is 4.